The molecule has 3 aliphatic rings. The molecule has 1 spiro atoms. The van der Waals surface area contributed by atoms with E-state index in [0.29, 0.717) is 13.2 Å². The fourth-order valence-electron chi connectivity index (χ4n) is 3.73. The Morgan fingerprint density at radius 3 is 3.00 bits per heavy atom. The molecule has 5 nitrogen and oxygen atoms in total. The quantitative estimate of drug-likeness (QED) is 0.554. The van der Waals surface area contributed by atoms with Crippen LogP contribution >= 0.6 is 0 Å². The van der Waals surface area contributed by atoms with Crippen LogP contribution in [0.15, 0.2) is 12.2 Å². The van der Waals surface area contributed by atoms with Gasteiger partial charge in [0.2, 0.25) is 5.91 Å². The number of hydrogen-bond acceptors (Lipinski definition) is 4. The zero-order valence-corrected chi connectivity index (χ0v) is 13.6. The van der Waals surface area contributed by atoms with E-state index in [0.717, 1.165) is 19.4 Å². The topological polar surface area (TPSA) is 55.8 Å². The highest BCUT2D eigenvalue weighted by Gasteiger charge is 2.67. The summed E-state index contributed by atoms with van der Waals surface area (Å²) in [5.41, 5.74) is -0.600. The van der Waals surface area contributed by atoms with Crippen LogP contribution in [0, 0.1) is 17.8 Å². The molecule has 5 heteroatoms. The van der Waals surface area contributed by atoms with Crippen molar-refractivity contribution >= 4 is 11.9 Å². The average Bonchev–Trinajstić information content (AvgIpc) is 3.11. The fraction of sp³-hybridized carbons (Fsp3) is 0.765. The Hall–Kier alpha value is -1.36. The van der Waals surface area contributed by atoms with Crippen molar-refractivity contribution in [2.45, 2.75) is 45.3 Å². The standard InChI is InChI=1S/C17H25NO4/c1-4-5-8-18-10-17-7-6-12(22-17)13(14(17)15(18)19)16(20)21-9-11(2)3/h6-7,11-14H,4-5,8-10H2,1-3H3/t12-,13+,14-,17?/m1/s1. The molecular weight excluding hydrogens is 282 g/mol. The van der Waals surface area contributed by atoms with Gasteiger partial charge in [0.1, 0.15) is 11.5 Å². The first-order valence-corrected chi connectivity index (χ1v) is 8.31. The van der Waals surface area contributed by atoms with Crippen LogP contribution in [0.25, 0.3) is 0 Å². The summed E-state index contributed by atoms with van der Waals surface area (Å²) in [6, 6.07) is 0. The number of likely N-dealkylation sites (tertiary alicyclic amines) is 1. The van der Waals surface area contributed by atoms with E-state index in [1.165, 1.54) is 0 Å². The fourth-order valence-corrected chi connectivity index (χ4v) is 3.73. The maximum Gasteiger partial charge on any atom is 0.312 e. The third-order valence-corrected chi connectivity index (χ3v) is 4.79. The number of carbonyl (C=O) groups excluding carboxylic acids is 2. The Kier molecular flexibility index (Phi) is 4.02. The van der Waals surface area contributed by atoms with Crippen LogP contribution in [0.5, 0.6) is 0 Å². The SMILES string of the molecule is CCCCN1CC23C=C[C@@H](O2)[C@H](C(=O)OCC(C)C)[C@@H]3C1=O. The van der Waals surface area contributed by atoms with E-state index in [1.54, 1.807) is 0 Å². The minimum Gasteiger partial charge on any atom is -0.465 e. The van der Waals surface area contributed by atoms with E-state index in [4.69, 9.17) is 9.47 Å². The second-order valence-electron chi connectivity index (χ2n) is 7.04. The largest absolute Gasteiger partial charge is 0.465 e. The first-order chi connectivity index (χ1) is 10.5. The van der Waals surface area contributed by atoms with Gasteiger partial charge in [-0.3, -0.25) is 9.59 Å². The molecule has 0 aromatic rings. The van der Waals surface area contributed by atoms with Gasteiger partial charge >= 0.3 is 5.97 Å². The molecule has 2 fully saturated rings. The van der Waals surface area contributed by atoms with Crippen molar-refractivity contribution in [3.8, 4) is 0 Å². The number of unbranched alkanes of at least 4 members (excludes halogenated alkanes) is 1. The zero-order chi connectivity index (χ0) is 15.9. The lowest BCUT2D eigenvalue weighted by atomic mass is 9.77. The van der Waals surface area contributed by atoms with E-state index in [-0.39, 0.29) is 23.9 Å². The van der Waals surface area contributed by atoms with E-state index in [9.17, 15) is 9.59 Å². The molecule has 22 heavy (non-hydrogen) atoms. The van der Waals surface area contributed by atoms with Gasteiger partial charge in [-0.25, -0.2) is 0 Å². The van der Waals surface area contributed by atoms with Gasteiger partial charge < -0.3 is 14.4 Å². The Morgan fingerprint density at radius 1 is 1.55 bits per heavy atom. The molecular formula is C17H25NO4. The van der Waals surface area contributed by atoms with Crippen molar-refractivity contribution in [2.24, 2.45) is 17.8 Å². The summed E-state index contributed by atoms with van der Waals surface area (Å²) in [5, 5.41) is 0. The molecule has 0 radical (unpaired) electrons. The van der Waals surface area contributed by atoms with Crippen LogP contribution in [0.3, 0.4) is 0 Å². The van der Waals surface area contributed by atoms with Gasteiger partial charge in [0, 0.05) is 6.54 Å². The van der Waals surface area contributed by atoms with Gasteiger partial charge in [-0.2, -0.15) is 0 Å². The highest BCUT2D eigenvalue weighted by molar-refractivity contribution is 5.91. The van der Waals surface area contributed by atoms with Crippen molar-refractivity contribution in [1.29, 1.82) is 0 Å². The second-order valence-corrected chi connectivity index (χ2v) is 7.04. The molecule has 3 heterocycles. The van der Waals surface area contributed by atoms with Gasteiger partial charge in [-0.15, -0.1) is 0 Å². The van der Waals surface area contributed by atoms with E-state index < -0.39 is 17.4 Å². The van der Waals surface area contributed by atoms with Crippen LogP contribution in [-0.4, -0.2) is 48.2 Å². The number of amides is 1. The molecule has 4 atom stereocenters. The molecule has 0 aromatic carbocycles. The van der Waals surface area contributed by atoms with Gasteiger partial charge in [0.25, 0.3) is 0 Å². The summed E-state index contributed by atoms with van der Waals surface area (Å²) in [6.07, 6.45) is 5.62. The first kappa shape index (κ1) is 15.5. The molecule has 0 aromatic heterocycles. The minimum atomic E-state index is -0.600. The summed E-state index contributed by atoms with van der Waals surface area (Å²) in [5.74, 6) is -0.845. The van der Waals surface area contributed by atoms with Crippen LogP contribution in [0.4, 0.5) is 0 Å². The van der Waals surface area contributed by atoms with Crippen molar-refractivity contribution in [2.75, 3.05) is 19.7 Å². The number of nitrogens with zero attached hydrogens (tertiary/aromatic N) is 1. The number of hydrogen-bond donors (Lipinski definition) is 0. The molecule has 0 saturated carbocycles. The number of fused-ring (bicyclic) bond motifs is 1. The van der Waals surface area contributed by atoms with Crippen molar-refractivity contribution < 1.29 is 19.1 Å². The molecule has 2 bridgehead atoms. The van der Waals surface area contributed by atoms with Gasteiger partial charge in [0.15, 0.2) is 0 Å². The lowest BCUT2D eigenvalue weighted by Crippen LogP contribution is -2.40. The number of carbonyl (C=O) groups is 2. The lowest BCUT2D eigenvalue weighted by molar-refractivity contribution is -0.154. The third-order valence-electron chi connectivity index (χ3n) is 4.79. The van der Waals surface area contributed by atoms with Gasteiger partial charge in [-0.05, 0) is 12.3 Å². The second kappa shape index (κ2) is 5.69. The maximum absolute atomic E-state index is 12.7. The molecule has 3 aliphatic heterocycles. The molecule has 0 aliphatic carbocycles. The van der Waals surface area contributed by atoms with Crippen molar-refractivity contribution in [3.05, 3.63) is 12.2 Å². The first-order valence-electron chi connectivity index (χ1n) is 8.31. The lowest BCUT2D eigenvalue weighted by Gasteiger charge is -2.23. The highest BCUT2D eigenvalue weighted by atomic mass is 16.6. The Balaban J connectivity index is 1.76. The summed E-state index contributed by atoms with van der Waals surface area (Å²) < 4.78 is 11.4. The molecule has 122 valence electrons. The van der Waals surface area contributed by atoms with Crippen molar-refractivity contribution in [1.82, 2.24) is 4.90 Å². The van der Waals surface area contributed by atoms with Crippen LogP contribution in [-0.2, 0) is 19.1 Å². The summed E-state index contributed by atoms with van der Waals surface area (Å²) in [4.78, 5) is 27.0. The maximum atomic E-state index is 12.7. The van der Waals surface area contributed by atoms with E-state index >= 15 is 0 Å². The summed E-state index contributed by atoms with van der Waals surface area (Å²) in [6.45, 7) is 7.80. The molecule has 2 saturated heterocycles. The highest BCUT2D eigenvalue weighted by Crippen LogP contribution is 2.52. The molecule has 1 unspecified atom stereocenters. The monoisotopic (exact) mass is 307 g/mol. The average molecular weight is 307 g/mol. The third kappa shape index (κ3) is 2.35. The summed E-state index contributed by atoms with van der Waals surface area (Å²) in [7, 11) is 0. The minimum absolute atomic E-state index is 0.0480. The normalized spacial score (nSPS) is 35.5. The van der Waals surface area contributed by atoms with Gasteiger partial charge in [-0.1, -0.05) is 39.3 Å². The Morgan fingerprint density at radius 2 is 2.32 bits per heavy atom. The van der Waals surface area contributed by atoms with Crippen LogP contribution in [0.2, 0.25) is 0 Å². The Bertz CT molecular complexity index is 501. The Labute approximate surface area is 131 Å². The van der Waals surface area contributed by atoms with Crippen LogP contribution in [0.1, 0.15) is 33.6 Å². The predicted molar refractivity (Wildman–Crippen MR) is 81.0 cm³/mol. The predicted octanol–water partition coefficient (Wildman–Crippen LogP) is 1.77. The molecule has 1 amide bonds. The van der Waals surface area contributed by atoms with E-state index in [1.807, 2.05) is 30.9 Å². The number of ether oxygens (including phenoxy) is 2. The number of esters is 1. The molecule has 0 N–H and O–H groups in total. The summed E-state index contributed by atoms with van der Waals surface area (Å²) >= 11 is 0. The van der Waals surface area contributed by atoms with E-state index in [2.05, 4.69) is 6.92 Å². The number of rotatable bonds is 6. The zero-order valence-electron chi connectivity index (χ0n) is 13.6. The van der Waals surface area contributed by atoms with Crippen molar-refractivity contribution in [3.63, 3.8) is 0 Å². The van der Waals surface area contributed by atoms with Gasteiger partial charge in [0.05, 0.1) is 25.2 Å². The smallest absolute Gasteiger partial charge is 0.312 e. The molecule has 3 rings (SSSR count). The van der Waals surface area contributed by atoms with Crippen LogP contribution < -0.4 is 0 Å².